The maximum atomic E-state index is 12.0. The van der Waals surface area contributed by atoms with Gasteiger partial charge in [-0.05, 0) is 43.7 Å². The van der Waals surface area contributed by atoms with E-state index in [9.17, 15) is 4.79 Å². The van der Waals surface area contributed by atoms with Crippen LogP contribution in [0.25, 0.3) is 0 Å². The molecule has 0 bridgehead atoms. The predicted molar refractivity (Wildman–Crippen MR) is 84.3 cm³/mol. The van der Waals surface area contributed by atoms with E-state index < -0.39 is 0 Å². The van der Waals surface area contributed by atoms with Crippen molar-refractivity contribution in [2.75, 3.05) is 11.9 Å². The van der Waals surface area contributed by atoms with E-state index in [2.05, 4.69) is 29.6 Å². The lowest BCUT2D eigenvalue weighted by molar-refractivity contribution is 0.102. The topological polar surface area (TPSA) is 58.9 Å². The first-order valence-electron chi connectivity index (χ1n) is 7.24. The molecule has 0 aliphatic rings. The van der Waals surface area contributed by atoms with Crippen molar-refractivity contribution in [1.82, 2.24) is 15.1 Å². The summed E-state index contributed by atoms with van der Waals surface area (Å²) in [4.78, 5) is 12.0. The highest BCUT2D eigenvalue weighted by Gasteiger charge is 2.09. The van der Waals surface area contributed by atoms with Gasteiger partial charge >= 0.3 is 0 Å². The molecule has 1 atom stereocenters. The zero-order chi connectivity index (χ0) is 15.2. The Morgan fingerprint density at radius 1 is 1.29 bits per heavy atom. The van der Waals surface area contributed by atoms with E-state index in [0.29, 0.717) is 11.7 Å². The van der Waals surface area contributed by atoms with E-state index >= 15 is 0 Å². The van der Waals surface area contributed by atoms with Crippen molar-refractivity contribution in [3.63, 3.8) is 0 Å². The Kier molecular flexibility index (Phi) is 5.11. The van der Waals surface area contributed by atoms with Gasteiger partial charge < -0.3 is 10.6 Å². The monoisotopic (exact) mass is 286 g/mol. The van der Waals surface area contributed by atoms with Crippen molar-refractivity contribution in [2.24, 2.45) is 7.05 Å². The van der Waals surface area contributed by atoms with Gasteiger partial charge in [0.05, 0.1) is 0 Å². The third-order valence-electron chi connectivity index (χ3n) is 3.32. The second kappa shape index (κ2) is 7.04. The Morgan fingerprint density at radius 3 is 2.57 bits per heavy atom. The normalized spacial score (nSPS) is 12.1. The fraction of sp³-hybridized carbons (Fsp3) is 0.375. The van der Waals surface area contributed by atoms with E-state index in [0.717, 1.165) is 18.7 Å². The Morgan fingerprint density at radius 2 is 2.00 bits per heavy atom. The summed E-state index contributed by atoms with van der Waals surface area (Å²) in [6.07, 6.45) is 2.86. The summed E-state index contributed by atoms with van der Waals surface area (Å²) in [5.74, 6) is -0.194. The molecule has 5 nitrogen and oxygen atoms in total. The molecule has 0 saturated heterocycles. The molecule has 112 valence electrons. The van der Waals surface area contributed by atoms with E-state index in [4.69, 9.17) is 0 Å². The first-order valence-corrected chi connectivity index (χ1v) is 7.24. The molecular weight excluding hydrogens is 264 g/mol. The molecule has 1 unspecified atom stereocenters. The van der Waals surface area contributed by atoms with Gasteiger partial charge in [0.15, 0.2) is 5.69 Å². The van der Waals surface area contributed by atoms with E-state index in [1.165, 1.54) is 5.56 Å². The minimum atomic E-state index is -0.194. The van der Waals surface area contributed by atoms with Crippen molar-refractivity contribution in [3.8, 4) is 0 Å². The number of aryl methyl sites for hydroxylation is 1. The number of benzene rings is 1. The summed E-state index contributed by atoms with van der Waals surface area (Å²) in [6, 6.07) is 9.90. The van der Waals surface area contributed by atoms with Gasteiger partial charge in [0.2, 0.25) is 0 Å². The maximum absolute atomic E-state index is 12.0. The molecule has 0 spiro atoms. The predicted octanol–water partition coefficient (Wildman–Crippen LogP) is 2.73. The molecule has 5 heteroatoms. The highest BCUT2D eigenvalue weighted by atomic mass is 16.1. The minimum absolute atomic E-state index is 0.194. The number of carbonyl (C=O) groups excluding carboxylic acids is 1. The zero-order valence-electron chi connectivity index (χ0n) is 12.8. The van der Waals surface area contributed by atoms with Gasteiger partial charge in [-0.25, -0.2) is 0 Å². The number of carbonyl (C=O) groups is 1. The summed E-state index contributed by atoms with van der Waals surface area (Å²) in [7, 11) is 1.79. The van der Waals surface area contributed by atoms with E-state index in [1.54, 1.807) is 24.0 Å². The van der Waals surface area contributed by atoms with Crippen LogP contribution in [0.5, 0.6) is 0 Å². The molecule has 0 fully saturated rings. The number of amides is 1. The summed E-state index contributed by atoms with van der Waals surface area (Å²) in [5.41, 5.74) is 2.40. The van der Waals surface area contributed by atoms with Crippen LogP contribution in [0.3, 0.4) is 0 Å². The van der Waals surface area contributed by atoms with Crippen LogP contribution in [0, 0.1) is 0 Å². The molecule has 0 aliphatic heterocycles. The second-order valence-electron chi connectivity index (χ2n) is 5.13. The van der Waals surface area contributed by atoms with Crippen LogP contribution in [0.1, 0.15) is 42.4 Å². The van der Waals surface area contributed by atoms with Crippen LogP contribution < -0.4 is 10.6 Å². The fourth-order valence-electron chi connectivity index (χ4n) is 2.07. The maximum Gasteiger partial charge on any atom is 0.276 e. The molecular formula is C16H22N4O. The van der Waals surface area contributed by atoms with Crippen molar-refractivity contribution in [2.45, 2.75) is 26.3 Å². The molecule has 0 radical (unpaired) electrons. The number of nitrogens with zero attached hydrogens (tertiary/aromatic N) is 2. The van der Waals surface area contributed by atoms with Gasteiger partial charge in [-0.3, -0.25) is 9.48 Å². The average molecular weight is 286 g/mol. The molecule has 1 heterocycles. The zero-order valence-corrected chi connectivity index (χ0v) is 12.8. The molecule has 1 aromatic carbocycles. The van der Waals surface area contributed by atoms with Gasteiger partial charge in [-0.1, -0.05) is 19.1 Å². The van der Waals surface area contributed by atoms with E-state index in [1.807, 2.05) is 24.3 Å². The lowest BCUT2D eigenvalue weighted by Gasteiger charge is -2.14. The number of hydrogen-bond acceptors (Lipinski definition) is 3. The molecule has 0 saturated carbocycles. The van der Waals surface area contributed by atoms with Crippen LogP contribution in [-0.2, 0) is 7.05 Å². The Labute approximate surface area is 125 Å². The van der Waals surface area contributed by atoms with E-state index in [-0.39, 0.29) is 5.91 Å². The van der Waals surface area contributed by atoms with Crippen molar-refractivity contribution in [3.05, 3.63) is 47.8 Å². The third-order valence-corrected chi connectivity index (χ3v) is 3.32. The molecule has 1 aromatic heterocycles. The van der Waals surface area contributed by atoms with Crippen LogP contribution in [0.15, 0.2) is 36.5 Å². The second-order valence-corrected chi connectivity index (χ2v) is 5.13. The molecule has 21 heavy (non-hydrogen) atoms. The number of hydrogen-bond donors (Lipinski definition) is 2. The van der Waals surface area contributed by atoms with Gasteiger partial charge in [-0.15, -0.1) is 0 Å². The Hall–Kier alpha value is -2.14. The SMILES string of the molecule is CCCNC(C)c1ccc(NC(=O)c2ccn(C)n2)cc1. The highest BCUT2D eigenvalue weighted by Crippen LogP contribution is 2.16. The van der Waals surface area contributed by atoms with Crippen molar-refractivity contribution in [1.29, 1.82) is 0 Å². The molecule has 2 N–H and O–H groups in total. The number of nitrogens with one attached hydrogen (secondary N) is 2. The van der Waals surface area contributed by atoms with Crippen LogP contribution >= 0.6 is 0 Å². The van der Waals surface area contributed by atoms with Gasteiger partial charge in [-0.2, -0.15) is 5.10 Å². The summed E-state index contributed by atoms with van der Waals surface area (Å²) in [5, 5.41) is 10.4. The molecule has 2 aromatic rings. The van der Waals surface area contributed by atoms with Crippen LogP contribution in [-0.4, -0.2) is 22.2 Å². The lowest BCUT2D eigenvalue weighted by Crippen LogP contribution is -2.19. The van der Waals surface area contributed by atoms with Crippen molar-refractivity contribution < 1.29 is 4.79 Å². The smallest absolute Gasteiger partial charge is 0.276 e. The molecule has 0 aliphatic carbocycles. The third kappa shape index (κ3) is 4.16. The first-order chi connectivity index (χ1) is 10.1. The van der Waals surface area contributed by atoms with Gasteiger partial charge in [0.25, 0.3) is 5.91 Å². The summed E-state index contributed by atoms with van der Waals surface area (Å²) in [6.45, 7) is 5.28. The first kappa shape index (κ1) is 15.3. The van der Waals surface area contributed by atoms with Crippen molar-refractivity contribution >= 4 is 11.6 Å². The molecule has 2 rings (SSSR count). The van der Waals surface area contributed by atoms with Crippen LogP contribution in [0.2, 0.25) is 0 Å². The Bertz CT molecular complexity index is 589. The van der Waals surface area contributed by atoms with Crippen LogP contribution in [0.4, 0.5) is 5.69 Å². The summed E-state index contributed by atoms with van der Waals surface area (Å²) >= 11 is 0. The number of rotatable bonds is 6. The highest BCUT2D eigenvalue weighted by molar-refractivity contribution is 6.02. The lowest BCUT2D eigenvalue weighted by atomic mass is 10.1. The Balaban J connectivity index is 1.97. The minimum Gasteiger partial charge on any atom is -0.321 e. The largest absolute Gasteiger partial charge is 0.321 e. The van der Waals surface area contributed by atoms with Gasteiger partial charge in [0, 0.05) is 25.0 Å². The quantitative estimate of drug-likeness (QED) is 0.858. The number of aromatic nitrogens is 2. The molecule has 1 amide bonds. The standard InChI is InChI=1S/C16H22N4O/c1-4-10-17-12(2)13-5-7-14(8-6-13)18-16(21)15-9-11-20(3)19-15/h5-9,11-12,17H,4,10H2,1-3H3,(H,18,21). The fourth-order valence-corrected chi connectivity index (χ4v) is 2.07. The summed E-state index contributed by atoms with van der Waals surface area (Å²) < 4.78 is 1.61. The average Bonchev–Trinajstić information content (AvgIpc) is 2.92. The van der Waals surface area contributed by atoms with Gasteiger partial charge in [0.1, 0.15) is 0 Å². The number of anilines is 1.